The van der Waals surface area contributed by atoms with Crippen LogP contribution in [0.2, 0.25) is 0 Å². The SMILES string of the molecule is COc1cc(C)c2cc(C(=O)c3ccc(C(=O)O)cc3)ccc2c1C. The molecule has 0 aliphatic heterocycles. The summed E-state index contributed by atoms with van der Waals surface area (Å²) in [6.45, 7) is 3.98. The lowest BCUT2D eigenvalue weighted by molar-refractivity contribution is 0.0696. The monoisotopic (exact) mass is 334 g/mol. The Kier molecular flexibility index (Phi) is 4.28. The highest BCUT2D eigenvalue weighted by Gasteiger charge is 2.13. The zero-order chi connectivity index (χ0) is 18.1. The molecule has 0 aromatic heterocycles. The molecule has 1 N–H and O–H groups in total. The number of carbonyl (C=O) groups is 2. The van der Waals surface area contributed by atoms with Crippen molar-refractivity contribution >= 4 is 22.5 Å². The average molecular weight is 334 g/mol. The van der Waals surface area contributed by atoms with Gasteiger partial charge in [-0.3, -0.25) is 4.79 Å². The summed E-state index contributed by atoms with van der Waals surface area (Å²) in [5.41, 5.74) is 3.27. The summed E-state index contributed by atoms with van der Waals surface area (Å²) in [4.78, 5) is 23.6. The van der Waals surface area contributed by atoms with Crippen molar-refractivity contribution in [2.24, 2.45) is 0 Å². The summed E-state index contributed by atoms with van der Waals surface area (Å²) in [7, 11) is 1.65. The van der Waals surface area contributed by atoms with E-state index < -0.39 is 5.97 Å². The standard InChI is InChI=1S/C21H18O4/c1-12-10-19(25-3)13(2)17-9-8-16(11-18(12)17)20(22)14-4-6-15(7-5-14)21(23)24/h4-11H,1-3H3,(H,23,24). The first-order valence-electron chi connectivity index (χ1n) is 7.88. The number of hydrogen-bond donors (Lipinski definition) is 1. The molecule has 4 heteroatoms. The molecule has 0 heterocycles. The van der Waals surface area contributed by atoms with Gasteiger partial charge in [-0.05, 0) is 60.0 Å². The van der Waals surface area contributed by atoms with Gasteiger partial charge in [0, 0.05) is 11.1 Å². The van der Waals surface area contributed by atoms with Crippen molar-refractivity contribution in [1.82, 2.24) is 0 Å². The van der Waals surface area contributed by atoms with Crippen molar-refractivity contribution in [3.05, 3.63) is 76.3 Å². The van der Waals surface area contributed by atoms with E-state index in [-0.39, 0.29) is 11.3 Å². The number of ether oxygens (including phenoxy) is 1. The van der Waals surface area contributed by atoms with Crippen LogP contribution in [0.15, 0.2) is 48.5 Å². The minimum atomic E-state index is -1.01. The number of aryl methyl sites for hydroxylation is 2. The molecule has 0 aliphatic rings. The van der Waals surface area contributed by atoms with E-state index in [2.05, 4.69) is 0 Å². The van der Waals surface area contributed by atoms with Gasteiger partial charge in [-0.15, -0.1) is 0 Å². The number of carboxylic acids is 1. The molecule has 4 nitrogen and oxygen atoms in total. The molecule has 25 heavy (non-hydrogen) atoms. The molecular weight excluding hydrogens is 316 g/mol. The highest BCUT2D eigenvalue weighted by molar-refractivity contribution is 6.11. The molecule has 0 spiro atoms. The highest BCUT2D eigenvalue weighted by atomic mass is 16.5. The summed E-state index contributed by atoms with van der Waals surface area (Å²) >= 11 is 0. The van der Waals surface area contributed by atoms with Gasteiger partial charge in [-0.1, -0.05) is 24.3 Å². The average Bonchev–Trinajstić information content (AvgIpc) is 2.63. The van der Waals surface area contributed by atoms with E-state index in [1.54, 1.807) is 25.3 Å². The summed E-state index contributed by atoms with van der Waals surface area (Å²) in [5.74, 6) is -0.315. The maximum Gasteiger partial charge on any atom is 0.335 e. The van der Waals surface area contributed by atoms with E-state index >= 15 is 0 Å². The van der Waals surface area contributed by atoms with Crippen molar-refractivity contribution < 1.29 is 19.4 Å². The van der Waals surface area contributed by atoms with Crippen molar-refractivity contribution in [2.45, 2.75) is 13.8 Å². The molecule has 0 atom stereocenters. The minimum Gasteiger partial charge on any atom is -0.496 e. The molecule has 126 valence electrons. The summed E-state index contributed by atoms with van der Waals surface area (Å²) < 4.78 is 5.40. The molecule has 0 radical (unpaired) electrons. The topological polar surface area (TPSA) is 63.6 Å². The zero-order valence-electron chi connectivity index (χ0n) is 14.3. The fraction of sp³-hybridized carbons (Fsp3) is 0.143. The van der Waals surface area contributed by atoms with Crippen molar-refractivity contribution in [2.75, 3.05) is 7.11 Å². The van der Waals surface area contributed by atoms with Gasteiger partial charge in [-0.2, -0.15) is 0 Å². The highest BCUT2D eigenvalue weighted by Crippen LogP contribution is 2.31. The van der Waals surface area contributed by atoms with Crippen LogP contribution in [0.3, 0.4) is 0 Å². The first kappa shape index (κ1) is 16.7. The van der Waals surface area contributed by atoms with Crippen LogP contribution < -0.4 is 4.74 Å². The number of aromatic carboxylic acids is 1. The second-order valence-corrected chi connectivity index (χ2v) is 5.99. The van der Waals surface area contributed by atoms with Gasteiger partial charge in [0.15, 0.2) is 5.78 Å². The Labute approximate surface area is 145 Å². The van der Waals surface area contributed by atoms with E-state index in [0.717, 1.165) is 27.6 Å². The van der Waals surface area contributed by atoms with Gasteiger partial charge >= 0.3 is 5.97 Å². The summed E-state index contributed by atoms with van der Waals surface area (Å²) in [6.07, 6.45) is 0. The van der Waals surface area contributed by atoms with E-state index in [1.807, 2.05) is 32.0 Å². The first-order chi connectivity index (χ1) is 11.9. The lowest BCUT2D eigenvalue weighted by atomic mass is 9.95. The second-order valence-electron chi connectivity index (χ2n) is 5.99. The number of ketones is 1. The molecule has 0 amide bonds. The van der Waals surface area contributed by atoms with Crippen LogP contribution in [-0.4, -0.2) is 24.0 Å². The van der Waals surface area contributed by atoms with Gasteiger partial charge < -0.3 is 9.84 Å². The van der Waals surface area contributed by atoms with E-state index in [4.69, 9.17) is 9.84 Å². The largest absolute Gasteiger partial charge is 0.496 e. The molecule has 0 bridgehead atoms. The lowest BCUT2D eigenvalue weighted by Crippen LogP contribution is -2.03. The van der Waals surface area contributed by atoms with Gasteiger partial charge in [0.25, 0.3) is 0 Å². The Hall–Kier alpha value is -3.14. The molecule has 0 fully saturated rings. The Morgan fingerprint density at radius 3 is 2.04 bits per heavy atom. The number of fused-ring (bicyclic) bond motifs is 1. The Balaban J connectivity index is 2.05. The number of hydrogen-bond acceptors (Lipinski definition) is 3. The van der Waals surface area contributed by atoms with E-state index in [1.165, 1.54) is 12.1 Å². The predicted molar refractivity (Wildman–Crippen MR) is 96.8 cm³/mol. The fourth-order valence-electron chi connectivity index (χ4n) is 3.00. The number of rotatable bonds is 4. The van der Waals surface area contributed by atoms with Crippen molar-refractivity contribution in [3.8, 4) is 5.75 Å². The van der Waals surface area contributed by atoms with Gasteiger partial charge in [-0.25, -0.2) is 4.79 Å². The van der Waals surface area contributed by atoms with Crippen LogP contribution >= 0.6 is 0 Å². The number of carboxylic acid groups (broad SMARTS) is 1. The van der Waals surface area contributed by atoms with E-state index in [9.17, 15) is 9.59 Å². The van der Waals surface area contributed by atoms with Crippen LogP contribution in [0.4, 0.5) is 0 Å². The van der Waals surface area contributed by atoms with Crippen LogP contribution in [0.1, 0.15) is 37.4 Å². The summed E-state index contributed by atoms with van der Waals surface area (Å²) in [6, 6.07) is 13.5. The maximum atomic E-state index is 12.7. The summed E-state index contributed by atoms with van der Waals surface area (Å²) in [5, 5.41) is 11.0. The normalized spacial score (nSPS) is 10.7. The Morgan fingerprint density at radius 2 is 1.44 bits per heavy atom. The maximum absolute atomic E-state index is 12.7. The molecule has 3 rings (SSSR count). The van der Waals surface area contributed by atoms with Crippen molar-refractivity contribution in [3.63, 3.8) is 0 Å². The number of methoxy groups -OCH3 is 1. The van der Waals surface area contributed by atoms with Crippen LogP contribution in [-0.2, 0) is 0 Å². The number of benzene rings is 3. The third kappa shape index (κ3) is 2.98. The predicted octanol–water partition coefficient (Wildman–Crippen LogP) is 4.39. The van der Waals surface area contributed by atoms with Gasteiger partial charge in [0.1, 0.15) is 5.75 Å². The molecule has 3 aromatic rings. The Bertz CT molecular complexity index is 985. The quantitative estimate of drug-likeness (QED) is 0.719. The fourth-order valence-corrected chi connectivity index (χ4v) is 3.00. The second kappa shape index (κ2) is 6.40. The Morgan fingerprint density at radius 1 is 0.840 bits per heavy atom. The van der Waals surface area contributed by atoms with Crippen molar-refractivity contribution in [1.29, 1.82) is 0 Å². The molecule has 0 unspecified atom stereocenters. The molecule has 0 saturated carbocycles. The molecular formula is C21H18O4. The smallest absolute Gasteiger partial charge is 0.335 e. The third-order valence-corrected chi connectivity index (χ3v) is 4.44. The lowest BCUT2D eigenvalue weighted by Gasteiger charge is -2.12. The third-order valence-electron chi connectivity index (χ3n) is 4.44. The van der Waals surface area contributed by atoms with Gasteiger partial charge in [0.2, 0.25) is 0 Å². The molecule has 0 aliphatic carbocycles. The van der Waals surface area contributed by atoms with E-state index in [0.29, 0.717) is 11.1 Å². The first-order valence-corrected chi connectivity index (χ1v) is 7.88. The van der Waals surface area contributed by atoms with Gasteiger partial charge in [0.05, 0.1) is 12.7 Å². The zero-order valence-corrected chi connectivity index (χ0v) is 14.3. The van der Waals surface area contributed by atoms with Crippen LogP contribution in [0.25, 0.3) is 10.8 Å². The molecule has 3 aromatic carbocycles. The molecule has 0 saturated heterocycles. The number of carbonyl (C=O) groups excluding carboxylic acids is 1. The van der Waals surface area contributed by atoms with Crippen LogP contribution in [0.5, 0.6) is 5.75 Å². The van der Waals surface area contributed by atoms with Crippen LogP contribution in [0, 0.1) is 13.8 Å². The minimum absolute atomic E-state index is 0.133.